The Labute approximate surface area is 156 Å². The minimum atomic E-state index is 0.654. The predicted molar refractivity (Wildman–Crippen MR) is 104 cm³/mol. The van der Waals surface area contributed by atoms with Crippen molar-refractivity contribution in [3.8, 4) is 11.5 Å². The van der Waals surface area contributed by atoms with Crippen LogP contribution in [0.25, 0.3) is 0 Å². The fourth-order valence-corrected chi connectivity index (χ4v) is 2.94. The summed E-state index contributed by atoms with van der Waals surface area (Å²) in [5.74, 6) is 2.24. The summed E-state index contributed by atoms with van der Waals surface area (Å²) in [6, 6.07) is 15.7. The summed E-state index contributed by atoms with van der Waals surface area (Å²) >= 11 is 1.50. The Balaban J connectivity index is 1.94. The number of hydrogen-bond acceptors (Lipinski definition) is 6. The van der Waals surface area contributed by atoms with Crippen molar-refractivity contribution in [2.75, 3.05) is 20.5 Å². The van der Waals surface area contributed by atoms with Crippen LogP contribution in [0, 0.1) is 0 Å². The highest BCUT2D eigenvalue weighted by molar-refractivity contribution is 7.98. The maximum absolute atomic E-state index is 5.40. The van der Waals surface area contributed by atoms with Crippen LogP contribution in [0.5, 0.6) is 11.5 Å². The van der Waals surface area contributed by atoms with Gasteiger partial charge in [-0.1, -0.05) is 42.1 Å². The molecule has 0 N–H and O–H groups in total. The minimum absolute atomic E-state index is 0.654. The van der Waals surface area contributed by atoms with E-state index in [9.17, 15) is 0 Å². The van der Waals surface area contributed by atoms with Gasteiger partial charge in [-0.2, -0.15) is 9.78 Å². The molecular formula is C19H20N4O2S. The monoisotopic (exact) mass is 368 g/mol. The molecule has 0 saturated heterocycles. The highest BCUT2D eigenvalue weighted by atomic mass is 32.2. The van der Waals surface area contributed by atoms with Crippen molar-refractivity contribution >= 4 is 18.0 Å². The second-order valence-corrected chi connectivity index (χ2v) is 6.20. The highest BCUT2D eigenvalue weighted by Crippen LogP contribution is 2.23. The standard InChI is InChI=1S/C19H20N4O2S/c1-24-16-9-10-17(25-2)15(12-16)13-20-23-18(21-22-19(23)26-3)11-14-7-5-4-6-8-14/h4-10,12-13H,11H2,1-3H3/b20-13-. The number of rotatable bonds is 7. The second-order valence-electron chi connectivity index (χ2n) is 5.43. The van der Waals surface area contributed by atoms with E-state index < -0.39 is 0 Å². The third kappa shape index (κ3) is 4.05. The van der Waals surface area contributed by atoms with Gasteiger partial charge in [0.05, 0.1) is 20.4 Å². The van der Waals surface area contributed by atoms with Crippen LogP contribution in [0.3, 0.4) is 0 Å². The average Bonchev–Trinajstić information content (AvgIpc) is 3.08. The topological polar surface area (TPSA) is 61.5 Å². The van der Waals surface area contributed by atoms with E-state index in [2.05, 4.69) is 27.4 Å². The molecule has 3 aromatic rings. The van der Waals surface area contributed by atoms with Crippen molar-refractivity contribution in [3.63, 3.8) is 0 Å². The van der Waals surface area contributed by atoms with Gasteiger partial charge in [0, 0.05) is 12.0 Å². The van der Waals surface area contributed by atoms with E-state index in [4.69, 9.17) is 9.47 Å². The van der Waals surface area contributed by atoms with E-state index in [0.29, 0.717) is 6.42 Å². The molecular weight excluding hydrogens is 348 g/mol. The molecule has 0 bridgehead atoms. The average molecular weight is 368 g/mol. The third-order valence-corrected chi connectivity index (χ3v) is 4.43. The van der Waals surface area contributed by atoms with Crippen molar-refractivity contribution in [1.82, 2.24) is 14.9 Å². The first kappa shape index (κ1) is 18.0. The summed E-state index contributed by atoms with van der Waals surface area (Å²) in [5, 5.41) is 13.8. The Morgan fingerprint density at radius 1 is 1.08 bits per heavy atom. The Bertz CT molecular complexity index is 894. The molecule has 134 valence electrons. The van der Waals surface area contributed by atoms with Crippen molar-refractivity contribution in [3.05, 3.63) is 65.5 Å². The molecule has 0 amide bonds. The number of hydrogen-bond donors (Lipinski definition) is 0. The summed E-state index contributed by atoms with van der Waals surface area (Å²) in [5.41, 5.74) is 1.97. The van der Waals surface area contributed by atoms with Crippen molar-refractivity contribution in [2.24, 2.45) is 5.10 Å². The molecule has 0 fully saturated rings. The lowest BCUT2D eigenvalue weighted by Gasteiger charge is -2.07. The van der Waals surface area contributed by atoms with Crippen molar-refractivity contribution < 1.29 is 9.47 Å². The van der Waals surface area contributed by atoms with Gasteiger partial charge in [0.25, 0.3) is 0 Å². The van der Waals surface area contributed by atoms with Crippen LogP contribution in [-0.4, -0.2) is 41.6 Å². The lowest BCUT2D eigenvalue weighted by Crippen LogP contribution is -2.02. The van der Waals surface area contributed by atoms with Crippen LogP contribution < -0.4 is 9.47 Å². The maximum Gasteiger partial charge on any atom is 0.211 e. The van der Waals surface area contributed by atoms with Gasteiger partial charge in [-0.25, -0.2) is 0 Å². The zero-order chi connectivity index (χ0) is 18.4. The van der Waals surface area contributed by atoms with E-state index in [1.54, 1.807) is 25.1 Å². The molecule has 1 heterocycles. The van der Waals surface area contributed by atoms with Gasteiger partial charge in [0.2, 0.25) is 5.16 Å². The van der Waals surface area contributed by atoms with E-state index >= 15 is 0 Å². The van der Waals surface area contributed by atoms with Gasteiger partial charge in [-0.15, -0.1) is 10.2 Å². The Morgan fingerprint density at radius 2 is 1.88 bits per heavy atom. The highest BCUT2D eigenvalue weighted by Gasteiger charge is 2.11. The molecule has 0 unspecified atom stereocenters. The zero-order valence-corrected chi connectivity index (χ0v) is 15.7. The van der Waals surface area contributed by atoms with E-state index in [0.717, 1.165) is 33.6 Å². The first-order valence-electron chi connectivity index (χ1n) is 8.03. The number of thioether (sulfide) groups is 1. The number of nitrogens with zero attached hydrogens (tertiary/aromatic N) is 4. The van der Waals surface area contributed by atoms with E-state index in [-0.39, 0.29) is 0 Å². The second kappa shape index (κ2) is 8.53. The molecule has 7 heteroatoms. The molecule has 0 radical (unpaired) electrons. The molecule has 0 aliphatic rings. The SMILES string of the molecule is COc1ccc(OC)c(/C=N\n2c(Cc3ccccc3)nnc2SC)c1. The molecule has 0 atom stereocenters. The van der Waals surface area contributed by atoms with E-state index in [1.807, 2.05) is 42.7 Å². The first-order chi connectivity index (χ1) is 12.7. The molecule has 3 rings (SSSR count). The summed E-state index contributed by atoms with van der Waals surface area (Å²) in [6.07, 6.45) is 4.34. The normalized spacial score (nSPS) is 11.0. The molecule has 1 aromatic heterocycles. The summed E-state index contributed by atoms with van der Waals surface area (Å²) in [4.78, 5) is 0. The van der Waals surface area contributed by atoms with Crippen molar-refractivity contribution in [2.45, 2.75) is 11.6 Å². The molecule has 0 aliphatic heterocycles. The number of aromatic nitrogens is 3. The zero-order valence-electron chi connectivity index (χ0n) is 14.9. The van der Waals surface area contributed by atoms with E-state index in [1.165, 1.54) is 11.8 Å². The summed E-state index contributed by atoms with van der Waals surface area (Å²) in [7, 11) is 3.26. The fourth-order valence-electron chi connectivity index (χ4n) is 2.49. The lowest BCUT2D eigenvalue weighted by atomic mass is 10.1. The quantitative estimate of drug-likeness (QED) is 0.472. The molecule has 0 spiro atoms. The van der Waals surface area contributed by atoms with Crippen LogP contribution in [-0.2, 0) is 6.42 Å². The largest absolute Gasteiger partial charge is 0.497 e. The molecule has 0 aliphatic carbocycles. The van der Waals surface area contributed by atoms with Crippen LogP contribution in [0.1, 0.15) is 17.0 Å². The van der Waals surface area contributed by atoms with Gasteiger partial charge < -0.3 is 9.47 Å². The smallest absolute Gasteiger partial charge is 0.211 e. The van der Waals surface area contributed by atoms with Gasteiger partial charge in [-0.05, 0) is 30.0 Å². The Hall–Kier alpha value is -2.80. The van der Waals surface area contributed by atoms with Gasteiger partial charge in [0.15, 0.2) is 5.82 Å². The molecule has 26 heavy (non-hydrogen) atoms. The van der Waals surface area contributed by atoms with Gasteiger partial charge in [-0.3, -0.25) is 0 Å². The van der Waals surface area contributed by atoms with Gasteiger partial charge >= 0.3 is 0 Å². The van der Waals surface area contributed by atoms with Gasteiger partial charge in [0.1, 0.15) is 11.5 Å². The maximum atomic E-state index is 5.40. The molecule has 2 aromatic carbocycles. The number of benzene rings is 2. The fraction of sp³-hybridized carbons (Fsp3) is 0.211. The number of methoxy groups -OCH3 is 2. The van der Waals surface area contributed by atoms with Crippen LogP contribution in [0.4, 0.5) is 0 Å². The van der Waals surface area contributed by atoms with Crippen molar-refractivity contribution in [1.29, 1.82) is 0 Å². The van der Waals surface area contributed by atoms with Crippen LogP contribution in [0.15, 0.2) is 58.8 Å². The number of ether oxygens (including phenoxy) is 2. The molecule has 6 nitrogen and oxygen atoms in total. The van der Waals surface area contributed by atoms with Crippen LogP contribution in [0.2, 0.25) is 0 Å². The predicted octanol–water partition coefficient (Wildman–Crippen LogP) is 3.49. The molecule has 0 saturated carbocycles. The Morgan fingerprint density at radius 3 is 2.58 bits per heavy atom. The lowest BCUT2D eigenvalue weighted by molar-refractivity contribution is 0.402. The van der Waals surface area contributed by atoms with Crippen LogP contribution >= 0.6 is 11.8 Å². The Kier molecular flexibility index (Phi) is 5.91. The summed E-state index contributed by atoms with van der Waals surface area (Å²) < 4.78 is 12.5. The first-order valence-corrected chi connectivity index (χ1v) is 9.26. The third-order valence-electron chi connectivity index (χ3n) is 3.81. The minimum Gasteiger partial charge on any atom is -0.497 e. The summed E-state index contributed by atoms with van der Waals surface area (Å²) in [6.45, 7) is 0.